The van der Waals surface area contributed by atoms with Crippen LogP contribution >= 0.6 is 15.9 Å². The van der Waals surface area contributed by atoms with Crippen molar-refractivity contribution in [2.75, 3.05) is 6.54 Å². The number of halogens is 4. The molecule has 1 amide bonds. The molecule has 2 aromatic heterocycles. The molecular weight excluding hydrogens is 475 g/mol. The van der Waals surface area contributed by atoms with Crippen molar-refractivity contribution in [3.05, 3.63) is 64.2 Å². The van der Waals surface area contributed by atoms with Crippen LogP contribution in [0.1, 0.15) is 38.4 Å². The van der Waals surface area contributed by atoms with Crippen LogP contribution in [0.25, 0.3) is 11.1 Å². The molecule has 0 saturated carbocycles. The van der Waals surface area contributed by atoms with Crippen molar-refractivity contribution in [2.45, 2.75) is 31.4 Å². The van der Waals surface area contributed by atoms with E-state index in [4.69, 9.17) is 0 Å². The summed E-state index contributed by atoms with van der Waals surface area (Å²) in [6, 6.07) is 5.31. The van der Waals surface area contributed by atoms with Gasteiger partial charge in [0.15, 0.2) is 5.69 Å². The summed E-state index contributed by atoms with van der Waals surface area (Å²) in [5, 5.41) is 12.0. The second-order valence-corrected chi connectivity index (χ2v) is 8.13. The Labute approximate surface area is 185 Å². The fourth-order valence-electron chi connectivity index (χ4n) is 3.87. The van der Waals surface area contributed by atoms with E-state index in [0.29, 0.717) is 47.2 Å². The Hall–Kier alpha value is -2.75. The van der Waals surface area contributed by atoms with Crippen LogP contribution in [0.2, 0.25) is 0 Å². The second kappa shape index (κ2) is 8.07. The highest BCUT2D eigenvalue weighted by molar-refractivity contribution is 9.08. The minimum absolute atomic E-state index is 0.0140. The van der Waals surface area contributed by atoms with Crippen LogP contribution in [0.4, 0.5) is 13.2 Å². The Balaban J connectivity index is 1.78. The number of aromatic nitrogens is 4. The van der Waals surface area contributed by atoms with Crippen LogP contribution in [-0.4, -0.2) is 37.3 Å². The Morgan fingerprint density at radius 2 is 1.90 bits per heavy atom. The zero-order chi connectivity index (χ0) is 22.3. The average Bonchev–Trinajstić information content (AvgIpc) is 3.11. The molecule has 1 aliphatic rings. The van der Waals surface area contributed by atoms with Crippen LogP contribution in [0.15, 0.2) is 30.6 Å². The molecule has 3 aromatic rings. The zero-order valence-electron chi connectivity index (χ0n) is 16.9. The molecule has 10 heteroatoms. The first-order valence-electron chi connectivity index (χ1n) is 9.58. The molecule has 1 aliphatic heterocycles. The first-order chi connectivity index (χ1) is 14.7. The maximum atomic E-state index is 13.6. The second-order valence-electron chi connectivity index (χ2n) is 7.57. The lowest BCUT2D eigenvalue weighted by molar-refractivity contribution is -0.140. The Morgan fingerprint density at radius 1 is 1.16 bits per heavy atom. The molecule has 0 saturated heterocycles. The van der Waals surface area contributed by atoms with E-state index in [0.717, 1.165) is 15.8 Å². The summed E-state index contributed by atoms with van der Waals surface area (Å²) in [4.78, 5) is 14.9. The van der Waals surface area contributed by atoms with E-state index < -0.39 is 11.9 Å². The summed E-state index contributed by atoms with van der Waals surface area (Å²) in [5.74, 6) is -0.231. The van der Waals surface area contributed by atoms with Gasteiger partial charge in [0.2, 0.25) is 0 Å². The van der Waals surface area contributed by atoms with Gasteiger partial charge in [0.05, 0.1) is 18.4 Å². The van der Waals surface area contributed by atoms with E-state index in [2.05, 4.69) is 31.2 Å². The molecular formula is C21H19BrF3N5O. The molecule has 0 spiro atoms. The quantitative estimate of drug-likeness (QED) is 0.508. The SMILES string of the molecule is Cc1cnnc(CN2CCc3c(cc(CBr)cc3-c3cn(C)nc3C(F)(F)F)C2=O)c1. The standard InChI is InChI=1S/C21H19BrF3N5O/c1-12-5-14(27-26-9-12)10-30-4-3-15-16(6-13(8-22)7-17(15)20(30)31)18-11-29(2)28-19(18)21(23,24)25/h5-7,9,11H,3-4,8,10H2,1-2H3. The Kier molecular flexibility index (Phi) is 5.59. The molecule has 0 N–H and O–H groups in total. The summed E-state index contributed by atoms with van der Waals surface area (Å²) in [5.41, 5.74) is 2.78. The average molecular weight is 494 g/mol. The van der Waals surface area contributed by atoms with E-state index in [9.17, 15) is 18.0 Å². The Morgan fingerprint density at radius 3 is 2.58 bits per heavy atom. The molecule has 0 fully saturated rings. The van der Waals surface area contributed by atoms with E-state index in [-0.39, 0.29) is 11.5 Å². The monoisotopic (exact) mass is 493 g/mol. The third-order valence-electron chi connectivity index (χ3n) is 5.20. The third-order valence-corrected chi connectivity index (χ3v) is 5.84. The molecule has 1 aromatic carbocycles. The van der Waals surface area contributed by atoms with Crippen LogP contribution in [0.5, 0.6) is 0 Å². The number of hydrogen-bond acceptors (Lipinski definition) is 4. The summed E-state index contributed by atoms with van der Waals surface area (Å²) in [7, 11) is 1.45. The van der Waals surface area contributed by atoms with Gasteiger partial charge in [-0.15, -0.1) is 0 Å². The van der Waals surface area contributed by atoms with Gasteiger partial charge in [-0.2, -0.15) is 28.5 Å². The predicted octanol–water partition coefficient (Wildman–Crippen LogP) is 4.30. The maximum absolute atomic E-state index is 13.6. The number of aryl methyl sites for hydroxylation is 2. The number of hydrogen-bond donors (Lipinski definition) is 0. The largest absolute Gasteiger partial charge is 0.435 e. The van der Waals surface area contributed by atoms with Crippen molar-refractivity contribution in [2.24, 2.45) is 7.05 Å². The summed E-state index contributed by atoms with van der Waals surface area (Å²) in [6.07, 6.45) is -1.17. The lowest BCUT2D eigenvalue weighted by atomic mass is 9.88. The first-order valence-corrected chi connectivity index (χ1v) is 10.7. The van der Waals surface area contributed by atoms with Gasteiger partial charge < -0.3 is 4.90 Å². The molecule has 3 heterocycles. The number of amides is 1. The first kappa shape index (κ1) is 21.5. The summed E-state index contributed by atoms with van der Waals surface area (Å²) >= 11 is 3.37. The van der Waals surface area contributed by atoms with Crippen LogP contribution in [0.3, 0.4) is 0 Å². The maximum Gasteiger partial charge on any atom is 0.435 e. The van der Waals surface area contributed by atoms with Gasteiger partial charge in [-0.05, 0) is 53.8 Å². The fraction of sp³-hybridized carbons (Fsp3) is 0.333. The molecule has 6 nitrogen and oxygen atoms in total. The van der Waals surface area contributed by atoms with Crippen molar-refractivity contribution < 1.29 is 18.0 Å². The van der Waals surface area contributed by atoms with Crippen LogP contribution < -0.4 is 0 Å². The highest BCUT2D eigenvalue weighted by Crippen LogP contribution is 2.40. The molecule has 0 unspecified atom stereocenters. The van der Waals surface area contributed by atoms with Gasteiger partial charge in [0.1, 0.15) is 0 Å². The lowest BCUT2D eigenvalue weighted by Crippen LogP contribution is -2.37. The smallest absolute Gasteiger partial charge is 0.332 e. The van der Waals surface area contributed by atoms with Crippen LogP contribution in [0, 0.1) is 6.92 Å². The number of carbonyl (C=O) groups excluding carboxylic acids is 1. The van der Waals surface area contributed by atoms with E-state index in [1.165, 1.54) is 13.2 Å². The Bertz CT molecular complexity index is 1160. The third kappa shape index (κ3) is 4.21. The fourth-order valence-corrected chi connectivity index (χ4v) is 4.19. The van der Waals surface area contributed by atoms with Crippen molar-refractivity contribution in [3.8, 4) is 11.1 Å². The van der Waals surface area contributed by atoms with Crippen molar-refractivity contribution in [3.63, 3.8) is 0 Å². The topological polar surface area (TPSA) is 63.9 Å². The van der Waals surface area contributed by atoms with E-state index in [1.807, 2.05) is 13.0 Å². The molecule has 0 bridgehead atoms. The lowest BCUT2D eigenvalue weighted by Gasteiger charge is -2.30. The van der Waals surface area contributed by atoms with Gasteiger partial charge in [0, 0.05) is 36.2 Å². The normalized spacial score (nSPS) is 14.1. The van der Waals surface area contributed by atoms with E-state index in [1.54, 1.807) is 23.2 Å². The molecule has 31 heavy (non-hydrogen) atoms. The van der Waals surface area contributed by atoms with Crippen molar-refractivity contribution >= 4 is 21.8 Å². The number of carbonyl (C=O) groups is 1. The van der Waals surface area contributed by atoms with Gasteiger partial charge in [-0.25, -0.2) is 0 Å². The van der Waals surface area contributed by atoms with Crippen molar-refractivity contribution in [1.29, 1.82) is 0 Å². The van der Waals surface area contributed by atoms with Gasteiger partial charge >= 0.3 is 6.18 Å². The van der Waals surface area contributed by atoms with Gasteiger partial charge in [-0.3, -0.25) is 9.48 Å². The zero-order valence-corrected chi connectivity index (χ0v) is 18.5. The number of rotatable bonds is 4. The number of alkyl halides is 4. The van der Waals surface area contributed by atoms with E-state index >= 15 is 0 Å². The number of nitrogens with zero attached hydrogens (tertiary/aromatic N) is 5. The number of benzene rings is 1. The molecule has 0 atom stereocenters. The molecule has 0 aliphatic carbocycles. The highest BCUT2D eigenvalue weighted by Gasteiger charge is 2.39. The van der Waals surface area contributed by atoms with Crippen molar-refractivity contribution in [1.82, 2.24) is 24.9 Å². The van der Waals surface area contributed by atoms with Gasteiger partial charge in [-0.1, -0.05) is 15.9 Å². The molecule has 0 radical (unpaired) electrons. The summed E-state index contributed by atoms with van der Waals surface area (Å²) < 4.78 is 42.0. The number of fused-ring (bicyclic) bond motifs is 1. The minimum Gasteiger partial charge on any atom is -0.332 e. The van der Waals surface area contributed by atoms with Crippen LogP contribution in [-0.2, 0) is 31.5 Å². The minimum atomic E-state index is -4.59. The summed E-state index contributed by atoms with van der Waals surface area (Å²) in [6.45, 7) is 2.57. The van der Waals surface area contributed by atoms with Gasteiger partial charge in [0.25, 0.3) is 5.91 Å². The predicted molar refractivity (Wildman–Crippen MR) is 111 cm³/mol. The molecule has 162 valence electrons. The highest BCUT2D eigenvalue weighted by atomic mass is 79.9. The molecule has 4 rings (SSSR count).